The lowest BCUT2D eigenvalue weighted by atomic mass is 9.89. The summed E-state index contributed by atoms with van der Waals surface area (Å²) in [4.78, 5) is 37.6. The topological polar surface area (TPSA) is 784 Å². The van der Waals surface area contributed by atoms with Crippen LogP contribution >= 0.6 is 0 Å². The standard InChI is InChI=1S/C33H55N3O46S7/c1-6-8(3-69-85(54,55)56)73-30(12(14(6)38)34-7(2)37)77-22-16(40)17(41)32(79-25(22)27(43)44)76-20-10(5-71-87(60,61)62)74-31(13(36-84(51,52)53)21(20)81-88(63,64)65)78-23-18(42)24(82-89(66,67)68)33(80-26(23)28(45)46)75-19-9(4-70-86(57,58)59)72-29(47)11(15(19)39)35-83(48,49)50/h6,8-26,29-33,35-36,38-42,47H,3-5H2,1-2H3,(H,34,37)(H,43,44)(H,45,46)(H,48,49,50)(H,51,52,53)(H,54,55,56)(H,57,58,59)(H,60,61,62)(H,63,64,65)(H,66,67,68)/p-9/t6-,8-,9-,10-,11-,12-,13-,14+,15-,16-,17-,18+,19-,20-,21-,22+,23+,24-,25+,26-,29-,30-,31-,32-,33-/m1/s1. The minimum atomic E-state index is -6.62. The number of aliphatic carboxylic acids is 2. The molecule has 0 aliphatic carbocycles. The third-order valence-electron chi connectivity index (χ3n) is 12.6. The molecule has 56 heteroatoms. The summed E-state index contributed by atoms with van der Waals surface area (Å²) in [5.41, 5.74) is 0. The van der Waals surface area contributed by atoms with Gasteiger partial charge in [-0.1, -0.05) is 6.92 Å². The Morgan fingerprint density at radius 2 is 0.809 bits per heavy atom. The number of amides is 1. The molecule has 49 nitrogen and oxygen atoms in total. The summed E-state index contributed by atoms with van der Waals surface area (Å²) in [6.45, 7) is -3.06. The third-order valence-corrected chi connectivity index (χ3v) is 16.0. The first-order valence-electron chi connectivity index (χ1n) is 23.6. The molecule has 1 amide bonds. The summed E-state index contributed by atoms with van der Waals surface area (Å²) in [6.07, 6.45) is -61.4. The van der Waals surface area contributed by atoms with E-state index in [9.17, 15) is 146 Å². The zero-order valence-electron chi connectivity index (χ0n) is 43.4. The van der Waals surface area contributed by atoms with Crippen LogP contribution in [0.2, 0.25) is 0 Å². The fourth-order valence-electron chi connectivity index (χ4n) is 9.05. The van der Waals surface area contributed by atoms with Crippen molar-refractivity contribution >= 4 is 90.4 Å². The van der Waals surface area contributed by atoms with Gasteiger partial charge in [-0.2, -0.15) is 0 Å². The Kier molecular flexibility index (Phi) is 25.2. The summed E-state index contributed by atoms with van der Waals surface area (Å²) in [7, 11) is -42.8. The van der Waals surface area contributed by atoms with Crippen LogP contribution in [0.4, 0.5) is 0 Å². The molecule has 0 radical (unpaired) electrons. The van der Waals surface area contributed by atoms with Gasteiger partial charge in [-0.15, -0.1) is 0 Å². The van der Waals surface area contributed by atoms with Gasteiger partial charge < -0.3 is 130 Å². The minimum Gasteiger partial charge on any atom is -0.735 e. The number of aliphatic hydroxyl groups is 6. The number of nitrogens with one attached hydrogen (secondary N) is 3. The van der Waals surface area contributed by atoms with E-state index in [4.69, 9.17) is 42.6 Å². The van der Waals surface area contributed by atoms with Gasteiger partial charge >= 0.3 is 0 Å². The molecule has 0 spiro atoms. The molecular formula is C33H46N3O46S7-9. The lowest BCUT2D eigenvalue weighted by Crippen LogP contribution is -2.72. The van der Waals surface area contributed by atoms with Gasteiger partial charge in [0.25, 0.3) is 0 Å². The van der Waals surface area contributed by atoms with Crippen LogP contribution in [0.3, 0.4) is 0 Å². The first-order chi connectivity index (χ1) is 40.3. The highest BCUT2D eigenvalue weighted by atomic mass is 32.3. The van der Waals surface area contributed by atoms with Crippen LogP contribution in [0.15, 0.2) is 0 Å². The van der Waals surface area contributed by atoms with Crippen LogP contribution in [0.1, 0.15) is 13.8 Å². The van der Waals surface area contributed by atoms with Crippen molar-refractivity contribution in [3.63, 3.8) is 0 Å². The fourth-order valence-corrected chi connectivity index (χ4v) is 12.1. The number of aliphatic hydroxyl groups excluding tert-OH is 6. The summed E-state index contributed by atoms with van der Waals surface area (Å²) in [5, 5.41) is 94.4. The van der Waals surface area contributed by atoms with E-state index in [1.807, 2.05) is 0 Å². The lowest BCUT2D eigenvalue weighted by Gasteiger charge is -2.52. The predicted octanol–water partition coefficient (Wildman–Crippen LogP) is -17.5. The molecule has 0 unspecified atom stereocenters. The van der Waals surface area contributed by atoms with Gasteiger partial charge in [-0.25, -0.2) is 68.4 Å². The molecule has 0 bridgehead atoms. The highest BCUT2D eigenvalue weighted by Crippen LogP contribution is 2.38. The molecule has 5 aliphatic rings. The van der Waals surface area contributed by atoms with Crippen molar-refractivity contribution in [2.75, 3.05) is 19.8 Å². The Balaban J connectivity index is 1.59. The second-order valence-electron chi connectivity index (χ2n) is 18.8. The van der Waals surface area contributed by atoms with E-state index in [2.05, 4.69) is 26.2 Å². The molecule has 9 N–H and O–H groups in total. The number of carboxylic acid groups (broad SMARTS) is 2. The van der Waals surface area contributed by atoms with Crippen LogP contribution in [0.5, 0.6) is 0 Å². The quantitative estimate of drug-likeness (QED) is 0.0259. The summed E-state index contributed by atoms with van der Waals surface area (Å²) >= 11 is 0. The SMILES string of the molecule is CC(=O)N[C@H]1[C@@H](O[C@H]2[C@H](O)[C@@H](O)[C@H](O[C@H]3[C@H](OS(=O)(=O)[O-])[C@@H](NS(=O)(=O)[O-])[C@@H](O[C@H]4[C@H](O)[C@@H](OS(=O)(=O)[O-])[C@H](O[C@H]5[C@H](O)[C@@H](NS(=O)(=O)[O-])[C@H](O)O[C@@H]5COS(=O)(=O)[O-])O[C@H]4C(=O)[O-])O[C@@H]3COS(=O)(=O)[O-])O[C@@H]2C(=O)[O-])O[C@H](COS(=O)(=O)[O-])[C@@H](C)[C@@H]1O. The van der Waals surface area contributed by atoms with Gasteiger partial charge in [0.2, 0.25) is 57.9 Å². The van der Waals surface area contributed by atoms with E-state index in [0.717, 1.165) is 23.3 Å². The zero-order valence-corrected chi connectivity index (χ0v) is 49.1. The van der Waals surface area contributed by atoms with Crippen LogP contribution in [0, 0.1) is 5.92 Å². The molecule has 5 heterocycles. The van der Waals surface area contributed by atoms with Crippen LogP contribution in [-0.2, 0) is 151 Å². The number of ether oxygens (including phenoxy) is 9. The smallest absolute Gasteiger partial charge is 0.218 e. The Labute approximate surface area is 499 Å². The fraction of sp³-hybridized carbons (Fsp3) is 0.909. The van der Waals surface area contributed by atoms with E-state index < -0.39 is 263 Å². The van der Waals surface area contributed by atoms with Crippen LogP contribution in [-0.4, -0.2) is 306 Å². The second kappa shape index (κ2) is 29.3. The summed E-state index contributed by atoms with van der Waals surface area (Å²) in [5.74, 6) is -7.68. The van der Waals surface area contributed by atoms with Crippen molar-refractivity contribution in [1.29, 1.82) is 0 Å². The summed E-state index contributed by atoms with van der Waals surface area (Å²) in [6, 6.07) is -7.92. The van der Waals surface area contributed by atoms with Gasteiger partial charge in [0, 0.05) is 12.8 Å². The number of hydrogen-bond acceptors (Lipinski definition) is 46. The van der Waals surface area contributed by atoms with Crippen molar-refractivity contribution in [2.45, 2.75) is 161 Å². The molecule has 5 rings (SSSR count). The minimum absolute atomic E-state index is 0.842. The Bertz CT molecular complexity index is 3320. The Hall–Kier alpha value is -3.10. The van der Waals surface area contributed by atoms with Crippen LogP contribution < -0.4 is 25.0 Å². The Morgan fingerprint density at radius 1 is 0.416 bits per heavy atom. The summed E-state index contributed by atoms with van der Waals surface area (Å²) < 4.78 is 319. The molecule has 5 aliphatic heterocycles. The Morgan fingerprint density at radius 3 is 1.26 bits per heavy atom. The maximum atomic E-state index is 12.8. The lowest BCUT2D eigenvalue weighted by molar-refractivity contribution is -0.388. The van der Waals surface area contributed by atoms with Crippen LogP contribution in [0.25, 0.3) is 0 Å². The number of carbonyl (C=O) groups excluding carboxylic acids is 3. The molecule has 0 aromatic heterocycles. The number of hydrogen-bond donors (Lipinski definition) is 9. The van der Waals surface area contributed by atoms with Gasteiger partial charge in [-0.3, -0.25) is 25.7 Å². The van der Waals surface area contributed by atoms with Crippen molar-refractivity contribution in [2.24, 2.45) is 5.92 Å². The normalized spacial score (nSPS) is 39.0. The first-order valence-corrected chi connectivity index (χ1v) is 33.0. The molecule has 0 saturated carbocycles. The number of carboxylic acids is 2. The molecule has 89 heavy (non-hydrogen) atoms. The third kappa shape index (κ3) is 22.0. The number of carbonyl (C=O) groups is 3. The molecule has 5 saturated heterocycles. The molecule has 5 fully saturated rings. The van der Waals surface area contributed by atoms with E-state index in [1.165, 1.54) is 0 Å². The zero-order chi connectivity index (χ0) is 67.8. The van der Waals surface area contributed by atoms with Crippen molar-refractivity contribution in [1.82, 2.24) is 14.8 Å². The van der Waals surface area contributed by atoms with E-state index in [0.29, 0.717) is 0 Å². The largest absolute Gasteiger partial charge is 0.735 e. The average molecular weight is 1450 g/mol. The highest BCUT2D eigenvalue weighted by molar-refractivity contribution is 7.84. The maximum absolute atomic E-state index is 12.8. The maximum Gasteiger partial charge on any atom is 0.218 e. The predicted molar refractivity (Wildman–Crippen MR) is 241 cm³/mol. The van der Waals surface area contributed by atoms with Crippen molar-refractivity contribution < 1.29 is 210 Å². The van der Waals surface area contributed by atoms with E-state index in [-0.39, 0.29) is 0 Å². The van der Waals surface area contributed by atoms with Gasteiger partial charge in [0.05, 0.1) is 44.0 Å². The second-order valence-corrected chi connectivity index (χ2v) is 26.3. The number of rotatable bonds is 28. The van der Waals surface area contributed by atoms with E-state index >= 15 is 0 Å². The van der Waals surface area contributed by atoms with Crippen molar-refractivity contribution in [3.05, 3.63) is 0 Å². The van der Waals surface area contributed by atoms with Gasteiger partial charge in [-0.05, 0) is 0 Å². The van der Waals surface area contributed by atoms with E-state index in [1.54, 1.807) is 0 Å². The van der Waals surface area contributed by atoms with Gasteiger partial charge in [0.1, 0.15) is 97.5 Å². The molecule has 25 atom stereocenters. The highest BCUT2D eigenvalue weighted by Gasteiger charge is 2.59. The van der Waals surface area contributed by atoms with Crippen molar-refractivity contribution in [3.8, 4) is 0 Å². The van der Waals surface area contributed by atoms with Gasteiger partial charge in [0.15, 0.2) is 58.2 Å². The molecular weight excluding hydrogens is 1400 g/mol. The average Bonchev–Trinajstić information content (AvgIpc) is 0.963. The first kappa shape index (κ1) is 76.6. The molecule has 520 valence electrons. The monoisotopic (exact) mass is 1440 g/mol. The molecule has 0 aromatic carbocycles. The molecule has 0 aromatic rings.